The molecule has 0 aliphatic carbocycles. The van der Waals surface area contributed by atoms with E-state index in [9.17, 15) is 4.79 Å². The Morgan fingerprint density at radius 2 is 2.00 bits per heavy atom. The van der Waals surface area contributed by atoms with Crippen LogP contribution in [-0.2, 0) is 11.2 Å². The Hall–Kier alpha value is -3.14. The maximum Gasteiger partial charge on any atom is 0.262 e. The summed E-state index contributed by atoms with van der Waals surface area (Å²) in [5.41, 5.74) is 7.24. The van der Waals surface area contributed by atoms with Gasteiger partial charge in [-0.2, -0.15) is 0 Å². The number of anilines is 1. The van der Waals surface area contributed by atoms with Crippen LogP contribution in [0.5, 0.6) is 0 Å². The lowest BCUT2D eigenvalue weighted by atomic mass is 10.1. The summed E-state index contributed by atoms with van der Waals surface area (Å²) in [4.78, 5) is 17.0. The molecule has 0 bridgehead atoms. The summed E-state index contributed by atoms with van der Waals surface area (Å²) in [7, 11) is 0. The van der Waals surface area contributed by atoms with Crippen molar-refractivity contribution in [1.29, 1.82) is 0 Å². The highest BCUT2D eigenvalue weighted by Gasteiger charge is 2.22. The Morgan fingerprint density at radius 1 is 1.16 bits per heavy atom. The standard InChI is InChI=1S/C21H19N3O/c1-15-7-9-17-14-18-11-12-24(21(18)22-19(17)13-15)23-20(25)10-8-16-5-3-2-4-6-16/h2-10,13-14H,11-12H2,1H3,(H,23,25)/b10-8+. The van der Waals surface area contributed by atoms with Crippen LogP contribution in [0.25, 0.3) is 17.0 Å². The summed E-state index contributed by atoms with van der Waals surface area (Å²) in [6, 6.07) is 18.2. The van der Waals surface area contributed by atoms with E-state index in [1.165, 1.54) is 11.1 Å². The number of fused-ring (bicyclic) bond motifs is 2. The Balaban J connectivity index is 1.54. The second kappa shape index (κ2) is 6.40. The van der Waals surface area contributed by atoms with E-state index >= 15 is 0 Å². The number of hydrogen-bond acceptors (Lipinski definition) is 3. The molecule has 2 heterocycles. The van der Waals surface area contributed by atoms with E-state index in [1.54, 1.807) is 6.08 Å². The van der Waals surface area contributed by atoms with E-state index in [0.29, 0.717) is 0 Å². The van der Waals surface area contributed by atoms with Gasteiger partial charge in [0, 0.05) is 18.0 Å². The topological polar surface area (TPSA) is 45.2 Å². The molecule has 0 spiro atoms. The largest absolute Gasteiger partial charge is 0.268 e. The number of nitrogens with zero attached hydrogens (tertiary/aromatic N) is 2. The number of hydrazine groups is 1. The molecular formula is C21H19N3O. The van der Waals surface area contributed by atoms with Gasteiger partial charge < -0.3 is 0 Å². The average molecular weight is 329 g/mol. The lowest BCUT2D eigenvalue weighted by molar-refractivity contribution is -0.116. The zero-order chi connectivity index (χ0) is 17.2. The van der Waals surface area contributed by atoms with Crippen LogP contribution in [0.4, 0.5) is 5.82 Å². The van der Waals surface area contributed by atoms with Crippen molar-refractivity contribution in [2.24, 2.45) is 0 Å². The molecule has 0 atom stereocenters. The number of benzene rings is 2. The fourth-order valence-corrected chi connectivity index (χ4v) is 3.08. The summed E-state index contributed by atoms with van der Waals surface area (Å²) in [6.07, 6.45) is 4.25. The molecule has 0 radical (unpaired) electrons. The third kappa shape index (κ3) is 3.24. The first-order valence-electron chi connectivity index (χ1n) is 8.41. The van der Waals surface area contributed by atoms with Crippen molar-refractivity contribution in [1.82, 2.24) is 10.4 Å². The average Bonchev–Trinajstić information content (AvgIpc) is 3.01. The van der Waals surface area contributed by atoms with Gasteiger partial charge in [-0.3, -0.25) is 15.2 Å². The molecule has 1 amide bonds. The highest BCUT2D eigenvalue weighted by Crippen LogP contribution is 2.28. The van der Waals surface area contributed by atoms with Crippen LogP contribution in [0, 0.1) is 6.92 Å². The van der Waals surface area contributed by atoms with Crippen molar-refractivity contribution in [3.8, 4) is 0 Å². The molecule has 1 N–H and O–H groups in total. The molecule has 3 aromatic rings. The Kier molecular flexibility index (Phi) is 3.94. The predicted molar refractivity (Wildman–Crippen MR) is 101 cm³/mol. The molecule has 25 heavy (non-hydrogen) atoms. The zero-order valence-electron chi connectivity index (χ0n) is 14.1. The smallest absolute Gasteiger partial charge is 0.262 e. The van der Waals surface area contributed by atoms with E-state index in [2.05, 4.69) is 36.6 Å². The van der Waals surface area contributed by atoms with Gasteiger partial charge in [-0.25, -0.2) is 4.98 Å². The van der Waals surface area contributed by atoms with Gasteiger partial charge in [0.2, 0.25) is 0 Å². The van der Waals surface area contributed by atoms with Gasteiger partial charge >= 0.3 is 0 Å². The third-order valence-corrected chi connectivity index (χ3v) is 4.36. The van der Waals surface area contributed by atoms with Gasteiger partial charge in [-0.1, -0.05) is 42.5 Å². The maximum atomic E-state index is 12.2. The van der Waals surface area contributed by atoms with Crippen molar-refractivity contribution in [3.63, 3.8) is 0 Å². The molecule has 1 aromatic heterocycles. The molecule has 2 aromatic carbocycles. The van der Waals surface area contributed by atoms with E-state index < -0.39 is 0 Å². The number of aromatic nitrogens is 1. The first kappa shape index (κ1) is 15.4. The molecule has 4 nitrogen and oxygen atoms in total. The summed E-state index contributed by atoms with van der Waals surface area (Å²) in [5, 5.41) is 2.98. The second-order valence-electron chi connectivity index (χ2n) is 6.29. The summed E-state index contributed by atoms with van der Waals surface area (Å²) >= 11 is 0. The predicted octanol–water partition coefficient (Wildman–Crippen LogP) is 3.65. The number of nitrogens with one attached hydrogen (secondary N) is 1. The Labute approximate surface area is 146 Å². The second-order valence-corrected chi connectivity index (χ2v) is 6.29. The van der Waals surface area contributed by atoms with Gasteiger partial charge in [-0.15, -0.1) is 0 Å². The number of pyridine rings is 1. The molecule has 4 heteroatoms. The number of amides is 1. The lowest BCUT2D eigenvalue weighted by Crippen LogP contribution is -2.40. The highest BCUT2D eigenvalue weighted by atomic mass is 16.2. The minimum Gasteiger partial charge on any atom is -0.268 e. The SMILES string of the molecule is Cc1ccc2cc3c(nc2c1)N(NC(=O)/C=C/c1ccccc1)CC3. The van der Waals surface area contributed by atoms with E-state index in [1.807, 2.05) is 41.4 Å². The number of carbonyl (C=O) groups excluding carboxylic acids is 1. The minimum absolute atomic E-state index is 0.150. The van der Waals surface area contributed by atoms with Crippen molar-refractivity contribution in [2.75, 3.05) is 11.6 Å². The van der Waals surface area contributed by atoms with Crippen molar-refractivity contribution < 1.29 is 4.79 Å². The fraction of sp³-hybridized carbons (Fsp3) is 0.143. The number of hydrogen-bond donors (Lipinski definition) is 1. The van der Waals surface area contributed by atoms with Crippen LogP contribution < -0.4 is 10.4 Å². The van der Waals surface area contributed by atoms with Gasteiger partial charge in [0.1, 0.15) is 0 Å². The van der Waals surface area contributed by atoms with Gasteiger partial charge in [-0.05, 0) is 48.2 Å². The van der Waals surface area contributed by atoms with Crippen molar-refractivity contribution >= 4 is 28.7 Å². The van der Waals surface area contributed by atoms with Crippen molar-refractivity contribution in [3.05, 3.63) is 77.4 Å². The maximum absolute atomic E-state index is 12.2. The van der Waals surface area contributed by atoms with E-state index in [-0.39, 0.29) is 5.91 Å². The third-order valence-electron chi connectivity index (χ3n) is 4.36. The fourth-order valence-electron chi connectivity index (χ4n) is 3.08. The zero-order valence-corrected chi connectivity index (χ0v) is 14.1. The van der Waals surface area contributed by atoms with Crippen LogP contribution in [0.15, 0.2) is 60.7 Å². The molecule has 124 valence electrons. The Morgan fingerprint density at radius 3 is 2.84 bits per heavy atom. The monoisotopic (exact) mass is 329 g/mol. The summed E-state index contributed by atoms with van der Waals surface area (Å²) in [6.45, 7) is 2.80. The summed E-state index contributed by atoms with van der Waals surface area (Å²) < 4.78 is 0. The lowest BCUT2D eigenvalue weighted by Gasteiger charge is -2.18. The van der Waals surface area contributed by atoms with Gasteiger partial charge in [0.05, 0.1) is 5.52 Å². The van der Waals surface area contributed by atoms with Crippen molar-refractivity contribution in [2.45, 2.75) is 13.3 Å². The van der Waals surface area contributed by atoms with Gasteiger partial charge in [0.15, 0.2) is 5.82 Å². The van der Waals surface area contributed by atoms with Crippen LogP contribution >= 0.6 is 0 Å². The summed E-state index contributed by atoms with van der Waals surface area (Å²) in [5.74, 6) is 0.697. The van der Waals surface area contributed by atoms with E-state index in [0.717, 1.165) is 35.2 Å². The molecular weight excluding hydrogens is 310 g/mol. The van der Waals surface area contributed by atoms with Crippen LogP contribution in [0.2, 0.25) is 0 Å². The Bertz CT molecular complexity index is 964. The van der Waals surface area contributed by atoms with Gasteiger partial charge in [0.25, 0.3) is 5.91 Å². The van der Waals surface area contributed by atoms with E-state index in [4.69, 9.17) is 4.98 Å². The molecule has 0 saturated carbocycles. The molecule has 0 unspecified atom stereocenters. The normalized spacial score (nSPS) is 13.4. The first-order valence-corrected chi connectivity index (χ1v) is 8.41. The molecule has 0 saturated heterocycles. The number of aryl methyl sites for hydroxylation is 1. The highest BCUT2D eigenvalue weighted by molar-refractivity contribution is 5.93. The van der Waals surface area contributed by atoms with Crippen LogP contribution in [0.1, 0.15) is 16.7 Å². The molecule has 1 aliphatic rings. The molecule has 1 aliphatic heterocycles. The quantitative estimate of drug-likeness (QED) is 0.746. The molecule has 4 rings (SSSR count). The molecule has 0 fully saturated rings. The minimum atomic E-state index is -0.150. The first-order chi connectivity index (χ1) is 12.2. The number of rotatable bonds is 3. The number of carbonyl (C=O) groups is 1. The van der Waals surface area contributed by atoms with Crippen LogP contribution in [0.3, 0.4) is 0 Å². The van der Waals surface area contributed by atoms with Crippen LogP contribution in [-0.4, -0.2) is 17.4 Å².